The van der Waals surface area contributed by atoms with Crippen molar-refractivity contribution in [2.45, 2.75) is 158 Å². The summed E-state index contributed by atoms with van der Waals surface area (Å²) in [4.78, 5) is 26.0. The van der Waals surface area contributed by atoms with Gasteiger partial charge >= 0.3 is 11.9 Å². The van der Waals surface area contributed by atoms with Crippen LogP contribution in [0.15, 0.2) is 35.4 Å². The first-order chi connectivity index (χ1) is 24.5. The maximum Gasteiger partial charge on any atom is 0.336 e. The molecule has 52 heavy (non-hydrogen) atoms. The van der Waals surface area contributed by atoms with E-state index in [1.807, 2.05) is 6.07 Å². The van der Waals surface area contributed by atoms with Crippen LogP contribution in [0.4, 0.5) is 0 Å². The maximum absolute atomic E-state index is 13.3. The van der Waals surface area contributed by atoms with Gasteiger partial charge in [-0.25, -0.2) is 9.59 Å². The van der Waals surface area contributed by atoms with Crippen molar-refractivity contribution in [3.63, 3.8) is 0 Å². The Kier molecular flexibility index (Phi) is 10.0. The molecule has 6 aliphatic carbocycles. The van der Waals surface area contributed by atoms with Gasteiger partial charge in [0, 0.05) is 0 Å². The third kappa shape index (κ3) is 6.26. The molecule has 4 fully saturated rings. The van der Waals surface area contributed by atoms with Gasteiger partial charge in [0.05, 0.1) is 11.1 Å². The van der Waals surface area contributed by atoms with Crippen molar-refractivity contribution in [1.29, 1.82) is 0 Å². The molecule has 10 atom stereocenters. The molecule has 0 aromatic heterocycles. The second kappa shape index (κ2) is 13.7. The summed E-state index contributed by atoms with van der Waals surface area (Å²) in [6, 6.07) is 3.67. The number of hydrogen-bond acceptors (Lipinski definition) is 2. The van der Waals surface area contributed by atoms with Crippen molar-refractivity contribution in [2.24, 2.45) is 69.0 Å². The lowest BCUT2D eigenvalue weighted by atomic mass is 9.44. The highest BCUT2D eigenvalue weighted by atomic mass is 16.4. The standard InChI is InChI=1S/C48H70O4/c1-29(2)31-12-17-38-33(25-31)14-19-40-45(5,21-9-23-47(38,40)7)27-35-11-16-36(43(49)50)42(44(51)52)37(35)28-46(6)22-10-24-48(8)39-18-13-32(30(3)4)26-34(39)15-20-41(46)48/h11,16,25-26,29-32,38-41H,9-10,12-15,17-24,27-28H2,1-8H3,(H,49,50)(H,51,52)/t31?,32?,38-,39-,40?,41?,45-,46-,47-,48-/m1/s1. The maximum atomic E-state index is 13.3. The Morgan fingerprint density at radius 2 is 1.13 bits per heavy atom. The van der Waals surface area contributed by atoms with Gasteiger partial charge in [-0.15, -0.1) is 0 Å². The Labute approximate surface area is 315 Å². The van der Waals surface area contributed by atoms with E-state index in [-0.39, 0.29) is 32.8 Å². The fraction of sp³-hybridized carbons (Fsp3) is 0.750. The van der Waals surface area contributed by atoms with Crippen LogP contribution < -0.4 is 0 Å². The summed E-state index contributed by atoms with van der Waals surface area (Å²) in [5.41, 5.74) is 5.83. The molecule has 0 heterocycles. The van der Waals surface area contributed by atoms with Gasteiger partial charge in [0.1, 0.15) is 0 Å². The number of carboxylic acid groups (broad SMARTS) is 2. The normalized spacial score (nSPS) is 40.2. The minimum absolute atomic E-state index is 0.0396. The molecule has 6 aliphatic rings. The average Bonchev–Trinajstić information content (AvgIpc) is 3.07. The van der Waals surface area contributed by atoms with Crippen LogP contribution in [0.25, 0.3) is 0 Å². The summed E-state index contributed by atoms with van der Waals surface area (Å²) in [5, 5.41) is 21.2. The van der Waals surface area contributed by atoms with E-state index in [1.54, 1.807) is 17.2 Å². The van der Waals surface area contributed by atoms with Gasteiger partial charge in [0.15, 0.2) is 0 Å². The number of benzene rings is 1. The third-order valence-electron chi connectivity index (χ3n) is 17.3. The predicted molar refractivity (Wildman–Crippen MR) is 212 cm³/mol. The zero-order valence-electron chi connectivity index (χ0n) is 34.0. The van der Waals surface area contributed by atoms with E-state index in [0.29, 0.717) is 53.8 Å². The highest BCUT2D eigenvalue weighted by Crippen LogP contribution is 2.66. The summed E-state index contributed by atoms with van der Waals surface area (Å²) in [5.74, 6) is 2.90. The molecule has 286 valence electrons. The molecule has 0 bridgehead atoms. The molecule has 1 aromatic rings. The van der Waals surface area contributed by atoms with Crippen LogP contribution in [0.3, 0.4) is 0 Å². The Bertz CT molecular complexity index is 1630. The Morgan fingerprint density at radius 1 is 0.654 bits per heavy atom. The lowest BCUT2D eigenvalue weighted by molar-refractivity contribution is -0.0695. The Morgan fingerprint density at radius 3 is 1.58 bits per heavy atom. The molecule has 0 saturated heterocycles. The number of carboxylic acids is 2. The van der Waals surface area contributed by atoms with Crippen LogP contribution in [0.1, 0.15) is 177 Å². The summed E-state index contributed by atoms with van der Waals surface area (Å²) >= 11 is 0. The molecular weight excluding hydrogens is 641 g/mol. The van der Waals surface area contributed by atoms with Gasteiger partial charge in [-0.1, -0.05) is 97.6 Å². The first-order valence-electron chi connectivity index (χ1n) is 21.5. The number of fused-ring (bicyclic) bond motifs is 6. The van der Waals surface area contributed by atoms with Gasteiger partial charge in [-0.2, -0.15) is 0 Å². The van der Waals surface area contributed by atoms with E-state index >= 15 is 0 Å². The summed E-state index contributed by atoms with van der Waals surface area (Å²) in [7, 11) is 0. The lowest BCUT2D eigenvalue weighted by Crippen LogP contribution is -2.52. The van der Waals surface area contributed by atoms with Crippen LogP contribution in [0, 0.1) is 69.0 Å². The number of rotatable bonds is 8. The van der Waals surface area contributed by atoms with Gasteiger partial charge in [-0.3, -0.25) is 0 Å². The van der Waals surface area contributed by atoms with Crippen molar-refractivity contribution in [1.82, 2.24) is 0 Å². The van der Waals surface area contributed by atoms with E-state index in [4.69, 9.17) is 0 Å². The van der Waals surface area contributed by atoms with Gasteiger partial charge < -0.3 is 10.2 Å². The molecule has 7 rings (SSSR count). The zero-order chi connectivity index (χ0) is 37.4. The second-order valence-electron chi connectivity index (χ2n) is 20.9. The van der Waals surface area contributed by atoms with Crippen LogP contribution >= 0.6 is 0 Å². The number of hydrogen-bond donors (Lipinski definition) is 2. The molecule has 0 amide bonds. The zero-order valence-corrected chi connectivity index (χ0v) is 34.0. The quantitative estimate of drug-likeness (QED) is 0.263. The van der Waals surface area contributed by atoms with E-state index in [0.717, 1.165) is 49.7 Å². The molecule has 4 saturated carbocycles. The van der Waals surface area contributed by atoms with Crippen molar-refractivity contribution in [3.05, 3.63) is 57.7 Å². The monoisotopic (exact) mass is 711 g/mol. The minimum Gasteiger partial charge on any atom is -0.478 e. The number of carbonyl (C=O) groups is 2. The molecule has 4 nitrogen and oxygen atoms in total. The lowest BCUT2D eigenvalue weighted by Gasteiger charge is -2.61. The van der Waals surface area contributed by atoms with Crippen molar-refractivity contribution in [3.8, 4) is 0 Å². The van der Waals surface area contributed by atoms with E-state index in [2.05, 4.69) is 67.5 Å². The van der Waals surface area contributed by atoms with Gasteiger partial charge in [0.2, 0.25) is 0 Å². The van der Waals surface area contributed by atoms with Crippen LogP contribution in [-0.2, 0) is 12.8 Å². The second-order valence-corrected chi connectivity index (χ2v) is 20.9. The van der Waals surface area contributed by atoms with Crippen molar-refractivity contribution < 1.29 is 19.8 Å². The highest BCUT2D eigenvalue weighted by Gasteiger charge is 2.57. The average molecular weight is 711 g/mol. The predicted octanol–water partition coefficient (Wildman–Crippen LogP) is 12.6. The fourth-order valence-electron chi connectivity index (χ4n) is 14.7. The first kappa shape index (κ1) is 37.9. The van der Waals surface area contributed by atoms with Gasteiger partial charge in [-0.05, 0) is 176 Å². The van der Waals surface area contributed by atoms with Crippen LogP contribution in [-0.4, -0.2) is 22.2 Å². The third-order valence-corrected chi connectivity index (χ3v) is 17.3. The highest BCUT2D eigenvalue weighted by molar-refractivity contribution is 6.03. The van der Waals surface area contributed by atoms with Gasteiger partial charge in [0.25, 0.3) is 0 Å². The molecule has 1 aromatic carbocycles. The molecule has 0 radical (unpaired) electrons. The van der Waals surface area contributed by atoms with E-state index < -0.39 is 11.9 Å². The molecule has 0 spiro atoms. The van der Waals surface area contributed by atoms with E-state index in [1.165, 1.54) is 57.8 Å². The molecular formula is C48H70O4. The topological polar surface area (TPSA) is 74.6 Å². The smallest absolute Gasteiger partial charge is 0.336 e. The fourth-order valence-corrected chi connectivity index (χ4v) is 14.7. The van der Waals surface area contributed by atoms with Crippen LogP contribution in [0.5, 0.6) is 0 Å². The molecule has 0 aliphatic heterocycles. The number of allylic oxidation sites excluding steroid dienone is 4. The Balaban J connectivity index is 1.25. The van der Waals surface area contributed by atoms with Crippen LogP contribution in [0.2, 0.25) is 0 Å². The molecule has 4 unspecified atom stereocenters. The van der Waals surface area contributed by atoms with Crippen molar-refractivity contribution >= 4 is 11.9 Å². The Hall–Kier alpha value is -2.36. The minimum atomic E-state index is -1.13. The summed E-state index contributed by atoms with van der Waals surface area (Å²) in [6.07, 6.45) is 23.8. The SMILES string of the molecule is CC(C)C1C=C2CCC3[C@@](C)(Cc4ccc(C(=O)O)c(C(=O)O)c4C[C@@]4(C)CCC[C@@]5(C)C4CCC4=CC(C(C)C)CC[C@H]45)CCC[C@]3(C)[C@@H]2CC1. The summed E-state index contributed by atoms with van der Waals surface area (Å²) < 4.78 is 0. The van der Waals surface area contributed by atoms with E-state index in [9.17, 15) is 19.8 Å². The number of aromatic carboxylic acids is 2. The molecule has 4 heteroatoms. The first-order valence-corrected chi connectivity index (χ1v) is 21.5. The molecule has 2 N–H and O–H groups in total. The summed E-state index contributed by atoms with van der Waals surface area (Å²) in [6.45, 7) is 19.6. The van der Waals surface area contributed by atoms with Crippen molar-refractivity contribution in [2.75, 3.05) is 0 Å². The largest absolute Gasteiger partial charge is 0.478 e.